The number of amides is 1. The van der Waals surface area contributed by atoms with Crippen molar-refractivity contribution in [3.05, 3.63) is 34.1 Å². The highest BCUT2D eigenvalue weighted by Gasteiger charge is 2.23. The summed E-state index contributed by atoms with van der Waals surface area (Å²) in [5.41, 5.74) is 0.295. The number of hydrogen-bond donors (Lipinski definition) is 0. The maximum atomic E-state index is 13.5. The summed E-state index contributed by atoms with van der Waals surface area (Å²) in [7, 11) is 3.15. The highest BCUT2D eigenvalue weighted by molar-refractivity contribution is 9.10. The fourth-order valence-corrected chi connectivity index (χ4v) is 2.30. The van der Waals surface area contributed by atoms with Gasteiger partial charge in [0.25, 0.3) is 5.91 Å². The molecule has 0 saturated carbocycles. The number of methoxy groups -OCH3 is 2. The molecule has 0 saturated heterocycles. The molecule has 1 unspecified atom stereocenters. The molecular weight excluding hydrogens is 329 g/mol. The van der Waals surface area contributed by atoms with Gasteiger partial charge in [0.05, 0.1) is 29.3 Å². The molecule has 1 amide bonds. The molecule has 0 fully saturated rings. The van der Waals surface area contributed by atoms with Crippen LogP contribution < -0.4 is 0 Å². The van der Waals surface area contributed by atoms with Crippen LogP contribution in [0.15, 0.2) is 22.7 Å². The van der Waals surface area contributed by atoms with Crippen LogP contribution in [0.25, 0.3) is 0 Å². The van der Waals surface area contributed by atoms with Crippen LogP contribution in [0, 0.1) is 5.82 Å². The lowest BCUT2D eigenvalue weighted by Gasteiger charge is -2.29. The number of hydrogen-bond acceptors (Lipinski definition) is 3. The Morgan fingerprint density at radius 3 is 2.70 bits per heavy atom. The molecule has 0 radical (unpaired) electrons. The van der Waals surface area contributed by atoms with E-state index in [4.69, 9.17) is 9.47 Å². The van der Waals surface area contributed by atoms with Gasteiger partial charge in [-0.1, -0.05) is 6.07 Å². The third-order valence-electron chi connectivity index (χ3n) is 2.92. The standard InChI is InChI=1S/C14H19BrFNO3/c1-10(9-20-3)17(7-8-19-2)14(18)11-5-4-6-12(16)13(11)15/h4-6,10H,7-9H2,1-3H3. The van der Waals surface area contributed by atoms with E-state index in [2.05, 4.69) is 15.9 Å². The minimum Gasteiger partial charge on any atom is -0.383 e. The second kappa shape index (κ2) is 8.34. The van der Waals surface area contributed by atoms with E-state index in [1.165, 1.54) is 12.1 Å². The molecule has 0 aliphatic rings. The van der Waals surface area contributed by atoms with Gasteiger partial charge in [0.1, 0.15) is 5.82 Å². The molecule has 112 valence electrons. The van der Waals surface area contributed by atoms with Gasteiger partial charge in [-0.05, 0) is 35.0 Å². The maximum Gasteiger partial charge on any atom is 0.255 e. The normalized spacial score (nSPS) is 12.2. The van der Waals surface area contributed by atoms with Gasteiger partial charge in [0.15, 0.2) is 0 Å². The number of carbonyl (C=O) groups excluding carboxylic acids is 1. The lowest BCUT2D eigenvalue weighted by atomic mass is 10.1. The van der Waals surface area contributed by atoms with E-state index in [0.717, 1.165) is 0 Å². The average Bonchev–Trinajstić information content (AvgIpc) is 2.42. The van der Waals surface area contributed by atoms with E-state index in [-0.39, 0.29) is 16.4 Å². The molecule has 0 aromatic heterocycles. The second-order valence-corrected chi connectivity index (χ2v) is 5.19. The van der Waals surface area contributed by atoms with Gasteiger partial charge in [0, 0.05) is 20.8 Å². The van der Waals surface area contributed by atoms with Crippen molar-refractivity contribution in [1.29, 1.82) is 0 Å². The van der Waals surface area contributed by atoms with Gasteiger partial charge in [-0.15, -0.1) is 0 Å². The van der Waals surface area contributed by atoms with Crippen LogP contribution in [0.3, 0.4) is 0 Å². The zero-order valence-electron chi connectivity index (χ0n) is 11.9. The Morgan fingerprint density at radius 1 is 1.40 bits per heavy atom. The van der Waals surface area contributed by atoms with Crippen molar-refractivity contribution in [1.82, 2.24) is 4.90 Å². The first-order chi connectivity index (χ1) is 9.52. The first-order valence-corrected chi connectivity index (χ1v) is 7.05. The SMILES string of the molecule is COCCN(C(=O)c1cccc(F)c1Br)C(C)COC. The van der Waals surface area contributed by atoms with Crippen molar-refractivity contribution in [3.8, 4) is 0 Å². The number of carbonyl (C=O) groups is 1. The number of ether oxygens (including phenoxy) is 2. The Hall–Kier alpha value is -0.980. The van der Waals surface area contributed by atoms with E-state index < -0.39 is 5.82 Å². The number of nitrogens with zero attached hydrogens (tertiary/aromatic N) is 1. The van der Waals surface area contributed by atoms with Gasteiger partial charge in [-0.25, -0.2) is 4.39 Å². The van der Waals surface area contributed by atoms with Crippen LogP contribution in [-0.2, 0) is 9.47 Å². The van der Waals surface area contributed by atoms with Crippen molar-refractivity contribution < 1.29 is 18.7 Å². The highest BCUT2D eigenvalue weighted by Crippen LogP contribution is 2.22. The maximum absolute atomic E-state index is 13.5. The van der Waals surface area contributed by atoms with Crippen molar-refractivity contribution in [2.24, 2.45) is 0 Å². The fourth-order valence-electron chi connectivity index (χ4n) is 1.87. The molecule has 1 rings (SSSR count). The van der Waals surface area contributed by atoms with Gasteiger partial charge < -0.3 is 14.4 Å². The first kappa shape index (κ1) is 17.1. The molecule has 6 heteroatoms. The predicted molar refractivity (Wildman–Crippen MR) is 78.4 cm³/mol. The van der Waals surface area contributed by atoms with Crippen LogP contribution in [0.4, 0.5) is 4.39 Å². The summed E-state index contributed by atoms with van der Waals surface area (Å²) in [4.78, 5) is 14.2. The molecule has 20 heavy (non-hydrogen) atoms. The topological polar surface area (TPSA) is 38.8 Å². The first-order valence-electron chi connectivity index (χ1n) is 6.25. The molecule has 0 bridgehead atoms. The summed E-state index contributed by atoms with van der Waals surface area (Å²) in [6.07, 6.45) is 0. The van der Waals surface area contributed by atoms with Crippen molar-refractivity contribution in [2.75, 3.05) is 34.0 Å². The van der Waals surface area contributed by atoms with Crippen LogP contribution in [0.5, 0.6) is 0 Å². The largest absolute Gasteiger partial charge is 0.383 e. The Kier molecular flexibility index (Phi) is 7.12. The molecule has 0 heterocycles. The zero-order valence-corrected chi connectivity index (χ0v) is 13.4. The predicted octanol–water partition coefficient (Wildman–Crippen LogP) is 2.71. The molecule has 1 atom stereocenters. The molecule has 0 aliphatic carbocycles. The lowest BCUT2D eigenvalue weighted by Crippen LogP contribution is -2.43. The average molecular weight is 348 g/mol. The Labute approximate surface area is 127 Å². The minimum absolute atomic E-state index is 0.127. The Morgan fingerprint density at radius 2 is 2.10 bits per heavy atom. The highest BCUT2D eigenvalue weighted by atomic mass is 79.9. The van der Waals surface area contributed by atoms with E-state index in [9.17, 15) is 9.18 Å². The summed E-state index contributed by atoms with van der Waals surface area (Å²) in [5, 5.41) is 0. The van der Waals surface area contributed by atoms with Crippen molar-refractivity contribution in [3.63, 3.8) is 0 Å². The van der Waals surface area contributed by atoms with Gasteiger partial charge in [0.2, 0.25) is 0 Å². The van der Waals surface area contributed by atoms with Crippen LogP contribution >= 0.6 is 15.9 Å². The third kappa shape index (κ3) is 4.26. The molecule has 1 aromatic rings. The summed E-state index contributed by atoms with van der Waals surface area (Å²) in [6, 6.07) is 4.29. The van der Waals surface area contributed by atoms with Gasteiger partial charge in [-0.3, -0.25) is 4.79 Å². The number of benzene rings is 1. The number of rotatable bonds is 7. The van der Waals surface area contributed by atoms with Crippen molar-refractivity contribution >= 4 is 21.8 Å². The summed E-state index contributed by atoms with van der Waals surface area (Å²) in [5.74, 6) is -0.708. The van der Waals surface area contributed by atoms with E-state index in [1.807, 2.05) is 6.92 Å². The fraction of sp³-hybridized carbons (Fsp3) is 0.500. The minimum atomic E-state index is -0.457. The zero-order chi connectivity index (χ0) is 15.1. The van der Waals surface area contributed by atoms with Gasteiger partial charge in [-0.2, -0.15) is 0 Å². The third-order valence-corrected chi connectivity index (χ3v) is 3.73. The molecular formula is C14H19BrFNO3. The molecule has 0 N–H and O–H groups in total. The summed E-state index contributed by atoms with van der Waals surface area (Å²) >= 11 is 3.12. The molecule has 4 nitrogen and oxygen atoms in total. The van der Waals surface area contributed by atoms with Crippen LogP contribution in [0.1, 0.15) is 17.3 Å². The van der Waals surface area contributed by atoms with E-state index in [1.54, 1.807) is 25.2 Å². The van der Waals surface area contributed by atoms with E-state index in [0.29, 0.717) is 25.3 Å². The monoisotopic (exact) mass is 347 g/mol. The molecule has 0 spiro atoms. The second-order valence-electron chi connectivity index (χ2n) is 4.40. The quantitative estimate of drug-likeness (QED) is 0.761. The summed E-state index contributed by atoms with van der Waals surface area (Å²) < 4.78 is 23.8. The van der Waals surface area contributed by atoms with Crippen LogP contribution in [0.2, 0.25) is 0 Å². The Balaban J connectivity index is 2.99. The van der Waals surface area contributed by atoms with Crippen molar-refractivity contribution in [2.45, 2.75) is 13.0 Å². The van der Waals surface area contributed by atoms with Crippen LogP contribution in [-0.4, -0.2) is 50.8 Å². The van der Waals surface area contributed by atoms with E-state index >= 15 is 0 Å². The Bertz CT molecular complexity index is 456. The molecule has 0 aliphatic heterocycles. The summed E-state index contributed by atoms with van der Waals surface area (Å²) in [6.45, 7) is 3.11. The smallest absolute Gasteiger partial charge is 0.255 e. The number of halogens is 2. The lowest BCUT2D eigenvalue weighted by molar-refractivity contribution is 0.0478. The molecule has 1 aromatic carbocycles. The van der Waals surface area contributed by atoms with Gasteiger partial charge >= 0.3 is 0 Å².